The molecule has 0 aliphatic carbocycles. The molecular formula is C70H50N2. The van der Waals surface area contributed by atoms with Crippen LogP contribution in [0.4, 0.5) is 34.1 Å². The first kappa shape index (κ1) is 43.8. The average molecular weight is 919 g/mol. The molecule has 0 aliphatic rings. The summed E-state index contributed by atoms with van der Waals surface area (Å²) in [6.07, 6.45) is 0. The minimum Gasteiger partial charge on any atom is -0.311 e. The molecule has 12 aromatic carbocycles. The van der Waals surface area contributed by atoms with Gasteiger partial charge in [-0.3, -0.25) is 0 Å². The number of rotatable bonds is 12. The summed E-state index contributed by atoms with van der Waals surface area (Å²) in [5.41, 5.74) is 20.9. The Hall–Kier alpha value is -9.50. The van der Waals surface area contributed by atoms with Gasteiger partial charge in [0.05, 0.1) is 5.69 Å². The predicted molar refractivity (Wildman–Crippen MR) is 306 cm³/mol. The van der Waals surface area contributed by atoms with Crippen molar-refractivity contribution in [2.24, 2.45) is 0 Å². The normalized spacial score (nSPS) is 11.1. The van der Waals surface area contributed by atoms with Gasteiger partial charge in [-0.05, 0) is 145 Å². The third-order valence-corrected chi connectivity index (χ3v) is 13.7. The fraction of sp³-hybridized carbons (Fsp3) is 0. The van der Waals surface area contributed by atoms with Crippen LogP contribution in [0, 0.1) is 0 Å². The zero-order valence-electron chi connectivity index (χ0n) is 39.8. The van der Waals surface area contributed by atoms with Crippen molar-refractivity contribution < 1.29 is 0 Å². The maximum Gasteiger partial charge on any atom is 0.0540 e. The van der Waals surface area contributed by atoms with Gasteiger partial charge in [-0.2, -0.15) is 0 Å². The zero-order chi connectivity index (χ0) is 48.1. The predicted octanol–water partition coefficient (Wildman–Crippen LogP) is 19.8. The van der Waals surface area contributed by atoms with Crippen LogP contribution < -0.4 is 9.80 Å². The standard InChI is InChI=1S/C70H50N2/c1-4-14-51(15-5-1)54-26-28-55(29-27-54)57-34-46-67(47-35-57)72(70-25-13-21-61-20-10-11-24-69(61)70)68-48-36-59(37-49-68)58-32-42-65(43-33-58)71(64-40-30-56(31-41-64)52-16-6-2-7-17-52)66-44-38-60(39-45-66)63-23-12-22-62(50-63)53-18-8-3-9-19-53/h1-50H. The number of anilines is 6. The Bertz CT molecular complexity index is 3710. The highest BCUT2D eigenvalue weighted by Crippen LogP contribution is 2.42. The van der Waals surface area contributed by atoms with Gasteiger partial charge in [-0.25, -0.2) is 0 Å². The first-order valence-electron chi connectivity index (χ1n) is 24.6. The molecule has 0 N–H and O–H groups in total. The summed E-state index contributed by atoms with van der Waals surface area (Å²) in [7, 11) is 0. The second-order valence-corrected chi connectivity index (χ2v) is 18.2. The van der Waals surface area contributed by atoms with Crippen molar-refractivity contribution in [1.82, 2.24) is 0 Å². The SMILES string of the molecule is c1ccc(-c2ccc(-c3ccc(N(c4ccc(-c5ccc(N(c6ccc(-c7ccccc7)cc6)c6ccc(-c7cccc(-c8ccccc8)c7)cc6)cc5)cc4)c4cccc5ccccc45)cc3)cc2)cc1. The van der Waals surface area contributed by atoms with Gasteiger partial charge in [0.15, 0.2) is 0 Å². The minimum atomic E-state index is 1.08. The molecule has 0 radical (unpaired) electrons. The number of nitrogens with zero attached hydrogens (tertiary/aromatic N) is 2. The van der Waals surface area contributed by atoms with Crippen LogP contribution in [-0.4, -0.2) is 0 Å². The Kier molecular flexibility index (Phi) is 12.1. The third kappa shape index (κ3) is 9.09. The summed E-state index contributed by atoms with van der Waals surface area (Å²) >= 11 is 0. The number of hydrogen-bond donors (Lipinski definition) is 0. The molecule has 0 saturated carbocycles. The molecule has 340 valence electrons. The Morgan fingerprint density at radius 3 is 0.806 bits per heavy atom. The molecule has 0 unspecified atom stereocenters. The highest BCUT2D eigenvalue weighted by Gasteiger charge is 2.18. The van der Waals surface area contributed by atoms with Crippen molar-refractivity contribution in [2.75, 3.05) is 9.80 Å². The summed E-state index contributed by atoms with van der Waals surface area (Å²) in [4.78, 5) is 4.72. The minimum absolute atomic E-state index is 1.08. The van der Waals surface area contributed by atoms with Crippen LogP contribution in [0.5, 0.6) is 0 Å². The van der Waals surface area contributed by atoms with E-state index in [9.17, 15) is 0 Å². The van der Waals surface area contributed by atoms with Crippen molar-refractivity contribution in [1.29, 1.82) is 0 Å². The quantitative estimate of drug-likeness (QED) is 0.120. The molecule has 2 nitrogen and oxygen atoms in total. The van der Waals surface area contributed by atoms with E-state index >= 15 is 0 Å². The molecule has 0 heterocycles. The van der Waals surface area contributed by atoms with E-state index in [0.29, 0.717) is 0 Å². The fourth-order valence-corrected chi connectivity index (χ4v) is 9.92. The topological polar surface area (TPSA) is 6.48 Å². The van der Waals surface area contributed by atoms with Crippen LogP contribution in [0.2, 0.25) is 0 Å². The third-order valence-electron chi connectivity index (χ3n) is 13.7. The van der Waals surface area contributed by atoms with E-state index in [4.69, 9.17) is 0 Å². The second-order valence-electron chi connectivity index (χ2n) is 18.2. The second kappa shape index (κ2) is 19.8. The summed E-state index contributed by atoms with van der Waals surface area (Å²) in [6, 6.07) is 109. The average Bonchev–Trinajstić information content (AvgIpc) is 3.47. The Morgan fingerprint density at radius 2 is 0.417 bits per heavy atom. The van der Waals surface area contributed by atoms with Crippen molar-refractivity contribution in [3.8, 4) is 66.8 Å². The van der Waals surface area contributed by atoms with Gasteiger partial charge in [0, 0.05) is 33.8 Å². The van der Waals surface area contributed by atoms with Crippen LogP contribution >= 0.6 is 0 Å². The van der Waals surface area contributed by atoms with E-state index in [1.165, 1.54) is 66.4 Å². The van der Waals surface area contributed by atoms with Crippen molar-refractivity contribution in [3.63, 3.8) is 0 Å². The molecule has 2 heteroatoms. The zero-order valence-corrected chi connectivity index (χ0v) is 39.8. The molecule has 0 aromatic heterocycles. The molecule has 0 atom stereocenters. The molecule has 72 heavy (non-hydrogen) atoms. The first-order chi connectivity index (χ1) is 35.7. The molecule has 0 saturated heterocycles. The summed E-state index contributed by atoms with van der Waals surface area (Å²) in [5.74, 6) is 0. The summed E-state index contributed by atoms with van der Waals surface area (Å²) in [5, 5.41) is 2.41. The van der Waals surface area contributed by atoms with E-state index in [1.54, 1.807) is 0 Å². The van der Waals surface area contributed by atoms with Crippen LogP contribution in [0.15, 0.2) is 303 Å². The smallest absolute Gasteiger partial charge is 0.0540 e. The summed E-state index contributed by atoms with van der Waals surface area (Å²) < 4.78 is 0. The Morgan fingerprint density at radius 1 is 0.167 bits per heavy atom. The van der Waals surface area contributed by atoms with Crippen LogP contribution in [-0.2, 0) is 0 Å². The van der Waals surface area contributed by atoms with Gasteiger partial charge in [0.2, 0.25) is 0 Å². The van der Waals surface area contributed by atoms with Gasteiger partial charge in [-0.15, -0.1) is 0 Å². The maximum absolute atomic E-state index is 2.38. The van der Waals surface area contributed by atoms with Crippen LogP contribution in [0.1, 0.15) is 0 Å². The lowest BCUT2D eigenvalue weighted by molar-refractivity contribution is 1.28. The molecule has 12 aromatic rings. The van der Waals surface area contributed by atoms with E-state index < -0.39 is 0 Å². The highest BCUT2D eigenvalue weighted by atomic mass is 15.1. The monoisotopic (exact) mass is 918 g/mol. The lowest BCUT2D eigenvalue weighted by Crippen LogP contribution is -2.10. The van der Waals surface area contributed by atoms with E-state index in [-0.39, 0.29) is 0 Å². The Labute approximate surface area is 422 Å². The Balaban J connectivity index is 0.851. The van der Waals surface area contributed by atoms with Gasteiger partial charge in [0.25, 0.3) is 0 Å². The summed E-state index contributed by atoms with van der Waals surface area (Å²) in [6.45, 7) is 0. The molecule has 0 bridgehead atoms. The molecule has 0 fully saturated rings. The number of hydrogen-bond acceptors (Lipinski definition) is 2. The molecule has 0 amide bonds. The van der Waals surface area contributed by atoms with Gasteiger partial charge < -0.3 is 9.80 Å². The van der Waals surface area contributed by atoms with Crippen LogP contribution in [0.3, 0.4) is 0 Å². The van der Waals surface area contributed by atoms with E-state index in [0.717, 1.165) is 45.3 Å². The van der Waals surface area contributed by atoms with Crippen molar-refractivity contribution in [3.05, 3.63) is 303 Å². The maximum atomic E-state index is 2.38. The molecular weight excluding hydrogens is 869 g/mol. The van der Waals surface area contributed by atoms with Gasteiger partial charge in [-0.1, -0.05) is 231 Å². The van der Waals surface area contributed by atoms with E-state index in [2.05, 4.69) is 313 Å². The van der Waals surface area contributed by atoms with E-state index in [1.807, 2.05) is 0 Å². The molecule has 0 aliphatic heterocycles. The molecule has 0 spiro atoms. The van der Waals surface area contributed by atoms with Crippen LogP contribution in [0.25, 0.3) is 77.5 Å². The van der Waals surface area contributed by atoms with Crippen molar-refractivity contribution in [2.45, 2.75) is 0 Å². The lowest BCUT2D eigenvalue weighted by Gasteiger charge is -2.27. The van der Waals surface area contributed by atoms with Gasteiger partial charge in [0.1, 0.15) is 0 Å². The lowest BCUT2D eigenvalue weighted by atomic mass is 9.98. The highest BCUT2D eigenvalue weighted by molar-refractivity contribution is 5.99. The number of benzene rings is 12. The molecule has 12 rings (SSSR count). The largest absolute Gasteiger partial charge is 0.311 e. The first-order valence-corrected chi connectivity index (χ1v) is 24.6. The van der Waals surface area contributed by atoms with Gasteiger partial charge >= 0.3 is 0 Å². The number of fused-ring (bicyclic) bond motifs is 1. The fourth-order valence-electron chi connectivity index (χ4n) is 9.92. The van der Waals surface area contributed by atoms with Crippen molar-refractivity contribution >= 4 is 44.9 Å².